The van der Waals surface area contributed by atoms with Crippen LogP contribution in [0, 0.1) is 0 Å². The van der Waals surface area contributed by atoms with Gasteiger partial charge in [0.15, 0.2) is 11.5 Å². The maximum atomic E-state index is 13.9. The maximum absolute atomic E-state index is 13.9. The fourth-order valence-corrected chi connectivity index (χ4v) is 6.76. The van der Waals surface area contributed by atoms with Gasteiger partial charge in [-0.1, -0.05) is 48.5 Å². The maximum Gasteiger partial charge on any atom is 0.243 e. The molecule has 1 N–H and O–H groups in total. The predicted octanol–water partition coefficient (Wildman–Crippen LogP) is 4.68. The average Bonchev–Trinajstić information content (AvgIpc) is 3.46. The van der Waals surface area contributed by atoms with Crippen molar-refractivity contribution in [3.05, 3.63) is 114 Å². The summed E-state index contributed by atoms with van der Waals surface area (Å²) in [6.45, 7) is 2.80. The number of ether oxygens (including phenoxy) is 3. The Bertz CT molecular complexity index is 1690. The zero-order valence-electron chi connectivity index (χ0n) is 22.4. The number of hydrogen-bond acceptors (Lipinski definition) is 7. The normalized spacial score (nSPS) is 12.9. The van der Waals surface area contributed by atoms with Gasteiger partial charge in [-0.25, -0.2) is 21.6 Å². The van der Waals surface area contributed by atoms with Crippen LogP contribution in [-0.4, -0.2) is 34.5 Å². The van der Waals surface area contributed by atoms with Gasteiger partial charge in [-0.2, -0.15) is 4.31 Å². The highest BCUT2D eigenvalue weighted by Crippen LogP contribution is 2.33. The molecule has 0 atom stereocenters. The van der Waals surface area contributed by atoms with Crippen molar-refractivity contribution in [3.8, 4) is 17.2 Å². The highest BCUT2D eigenvalue weighted by Gasteiger charge is 2.27. The Kier molecular flexibility index (Phi) is 8.60. The largest absolute Gasteiger partial charge is 0.494 e. The molecular formula is C30H30N2O7S2. The molecule has 0 amide bonds. The monoisotopic (exact) mass is 594 g/mol. The van der Waals surface area contributed by atoms with E-state index in [9.17, 15) is 16.8 Å². The molecule has 0 saturated carbocycles. The molecule has 0 spiro atoms. The number of fused-ring (bicyclic) bond motifs is 1. The Morgan fingerprint density at radius 3 is 2.07 bits per heavy atom. The van der Waals surface area contributed by atoms with Crippen molar-refractivity contribution in [1.82, 2.24) is 9.03 Å². The average molecular weight is 595 g/mol. The second kappa shape index (κ2) is 12.3. The van der Waals surface area contributed by atoms with Crippen LogP contribution in [0.4, 0.5) is 0 Å². The quantitative estimate of drug-likeness (QED) is 0.254. The third-order valence-electron chi connectivity index (χ3n) is 6.47. The van der Waals surface area contributed by atoms with E-state index < -0.39 is 20.0 Å². The Morgan fingerprint density at radius 2 is 1.37 bits per heavy atom. The topological polar surface area (TPSA) is 111 Å². The second-order valence-corrected chi connectivity index (χ2v) is 13.0. The van der Waals surface area contributed by atoms with Gasteiger partial charge in [-0.3, -0.25) is 0 Å². The standard InChI is InChI=1S/C30H30N2O7S2/c1-2-37-26-11-8-24(9-12-26)20-32(21-25-10-17-29-30(18-25)39-22-38-29)41(35,36)28-15-13-27(14-16-28)40(33,34)31-19-23-6-4-3-5-7-23/h3-18,31H,2,19-22H2,1H3. The van der Waals surface area contributed by atoms with E-state index in [1.54, 1.807) is 30.3 Å². The summed E-state index contributed by atoms with van der Waals surface area (Å²) in [5.41, 5.74) is 2.29. The molecule has 41 heavy (non-hydrogen) atoms. The molecular weight excluding hydrogens is 564 g/mol. The van der Waals surface area contributed by atoms with Gasteiger partial charge in [0.1, 0.15) is 5.75 Å². The van der Waals surface area contributed by atoms with Crippen LogP contribution in [0.5, 0.6) is 17.2 Å². The van der Waals surface area contributed by atoms with Crippen LogP contribution in [0.25, 0.3) is 0 Å². The number of sulfonamides is 2. The van der Waals surface area contributed by atoms with Crippen molar-refractivity contribution in [1.29, 1.82) is 0 Å². The minimum atomic E-state index is -4.03. The third kappa shape index (κ3) is 6.88. The number of benzene rings is 4. The van der Waals surface area contributed by atoms with Crippen molar-refractivity contribution in [2.75, 3.05) is 13.4 Å². The summed E-state index contributed by atoms with van der Waals surface area (Å²) in [7, 11) is -7.88. The highest BCUT2D eigenvalue weighted by molar-refractivity contribution is 7.89. The number of nitrogens with one attached hydrogen (secondary N) is 1. The molecule has 0 aliphatic carbocycles. The third-order valence-corrected chi connectivity index (χ3v) is 9.69. The molecule has 9 nitrogen and oxygen atoms in total. The first-order chi connectivity index (χ1) is 19.7. The first-order valence-corrected chi connectivity index (χ1v) is 15.9. The van der Waals surface area contributed by atoms with E-state index in [0.717, 1.165) is 11.1 Å². The Hall–Kier alpha value is -3.90. The minimum absolute atomic E-state index is 0.0220. The van der Waals surface area contributed by atoms with Crippen LogP contribution >= 0.6 is 0 Å². The van der Waals surface area contributed by atoms with Crippen molar-refractivity contribution >= 4 is 20.0 Å². The van der Waals surface area contributed by atoms with Gasteiger partial charge in [-0.05, 0) is 72.1 Å². The summed E-state index contributed by atoms with van der Waals surface area (Å²) >= 11 is 0. The van der Waals surface area contributed by atoms with E-state index in [4.69, 9.17) is 14.2 Å². The van der Waals surface area contributed by atoms with Crippen LogP contribution in [0.3, 0.4) is 0 Å². The van der Waals surface area contributed by atoms with E-state index in [1.165, 1.54) is 28.6 Å². The van der Waals surface area contributed by atoms with Gasteiger partial charge in [0.25, 0.3) is 0 Å². The van der Waals surface area contributed by atoms with E-state index >= 15 is 0 Å². The van der Waals surface area contributed by atoms with E-state index in [0.29, 0.717) is 29.4 Å². The summed E-state index contributed by atoms with van der Waals surface area (Å²) in [6.07, 6.45) is 0. The first-order valence-electron chi connectivity index (χ1n) is 13.0. The van der Waals surface area contributed by atoms with Crippen LogP contribution in [0.15, 0.2) is 107 Å². The van der Waals surface area contributed by atoms with E-state index in [2.05, 4.69) is 4.72 Å². The molecule has 0 saturated heterocycles. The molecule has 11 heteroatoms. The lowest BCUT2D eigenvalue weighted by atomic mass is 10.2. The van der Waals surface area contributed by atoms with Crippen LogP contribution < -0.4 is 18.9 Å². The second-order valence-electron chi connectivity index (χ2n) is 9.32. The van der Waals surface area contributed by atoms with Gasteiger partial charge in [0.2, 0.25) is 26.8 Å². The molecule has 5 rings (SSSR count). The van der Waals surface area contributed by atoms with Crippen LogP contribution in [-0.2, 0) is 39.7 Å². The first kappa shape index (κ1) is 28.6. The molecule has 0 unspecified atom stereocenters. The number of rotatable bonds is 12. The molecule has 214 valence electrons. The zero-order valence-corrected chi connectivity index (χ0v) is 24.0. The lowest BCUT2D eigenvalue weighted by molar-refractivity contribution is 0.174. The fourth-order valence-electron chi connectivity index (χ4n) is 4.33. The van der Waals surface area contributed by atoms with Gasteiger partial charge in [0.05, 0.1) is 16.4 Å². The SMILES string of the molecule is CCOc1ccc(CN(Cc2ccc3c(c2)OCO3)S(=O)(=O)c2ccc(S(=O)(=O)NCc3ccccc3)cc2)cc1. The molecule has 0 radical (unpaired) electrons. The molecule has 4 aromatic rings. The Morgan fingerprint density at radius 1 is 0.732 bits per heavy atom. The van der Waals surface area contributed by atoms with Crippen LogP contribution in [0.2, 0.25) is 0 Å². The Balaban J connectivity index is 1.39. The van der Waals surface area contributed by atoms with Gasteiger partial charge in [-0.15, -0.1) is 0 Å². The highest BCUT2D eigenvalue weighted by atomic mass is 32.2. The molecule has 1 aliphatic heterocycles. The number of nitrogens with zero attached hydrogens (tertiary/aromatic N) is 1. The molecule has 1 aliphatic rings. The van der Waals surface area contributed by atoms with Gasteiger partial charge >= 0.3 is 0 Å². The lowest BCUT2D eigenvalue weighted by Crippen LogP contribution is -2.30. The summed E-state index contributed by atoms with van der Waals surface area (Å²) < 4.78 is 73.7. The van der Waals surface area contributed by atoms with Crippen molar-refractivity contribution in [3.63, 3.8) is 0 Å². The molecule has 4 aromatic carbocycles. The van der Waals surface area contributed by atoms with Gasteiger partial charge < -0.3 is 14.2 Å². The summed E-state index contributed by atoms with van der Waals surface area (Å²) in [5, 5.41) is 0. The zero-order chi connectivity index (χ0) is 28.9. The van der Waals surface area contributed by atoms with Crippen molar-refractivity contribution < 1.29 is 31.0 Å². The fraction of sp³-hybridized carbons (Fsp3) is 0.200. The molecule has 0 fully saturated rings. The molecule has 0 aromatic heterocycles. The molecule has 0 bridgehead atoms. The summed E-state index contributed by atoms with van der Waals surface area (Å²) in [5.74, 6) is 1.85. The van der Waals surface area contributed by atoms with Crippen molar-refractivity contribution in [2.45, 2.75) is 36.3 Å². The number of hydrogen-bond donors (Lipinski definition) is 1. The smallest absolute Gasteiger partial charge is 0.243 e. The minimum Gasteiger partial charge on any atom is -0.494 e. The van der Waals surface area contributed by atoms with E-state index in [-0.39, 0.29) is 36.2 Å². The van der Waals surface area contributed by atoms with Crippen molar-refractivity contribution in [2.24, 2.45) is 0 Å². The summed E-state index contributed by atoms with van der Waals surface area (Å²) in [6, 6.07) is 26.9. The van der Waals surface area contributed by atoms with E-state index in [1.807, 2.05) is 49.4 Å². The predicted molar refractivity (Wildman–Crippen MR) is 154 cm³/mol. The molecule has 1 heterocycles. The summed E-state index contributed by atoms with van der Waals surface area (Å²) in [4.78, 5) is -0.0487. The lowest BCUT2D eigenvalue weighted by Gasteiger charge is -2.23. The van der Waals surface area contributed by atoms with Gasteiger partial charge in [0, 0.05) is 19.6 Å². The Labute approximate surface area is 240 Å². The van der Waals surface area contributed by atoms with Crippen LogP contribution in [0.1, 0.15) is 23.6 Å².